The van der Waals surface area contributed by atoms with Crippen LogP contribution in [0.2, 0.25) is 0 Å². The average Bonchev–Trinajstić information content (AvgIpc) is 3.75. The molecule has 0 aliphatic heterocycles. The second-order valence-corrected chi connectivity index (χ2v) is 9.18. The van der Waals surface area contributed by atoms with E-state index in [0.717, 1.165) is 24.0 Å². The predicted molar refractivity (Wildman–Crippen MR) is 142 cm³/mol. The van der Waals surface area contributed by atoms with Crippen LogP contribution >= 0.6 is 0 Å². The Kier molecular flexibility index (Phi) is 6.74. The van der Waals surface area contributed by atoms with E-state index >= 15 is 0 Å². The number of rotatable bonds is 7. The molecule has 8 nitrogen and oxygen atoms in total. The lowest BCUT2D eigenvalue weighted by Crippen LogP contribution is -2.23. The molecule has 3 N–H and O–H groups in total. The van der Waals surface area contributed by atoms with Crippen LogP contribution in [0.5, 0.6) is 11.5 Å². The van der Waals surface area contributed by atoms with Gasteiger partial charge in [-0.1, -0.05) is 12.1 Å². The van der Waals surface area contributed by atoms with E-state index in [2.05, 4.69) is 20.6 Å². The van der Waals surface area contributed by atoms with Gasteiger partial charge in [-0.25, -0.2) is 9.37 Å². The molecular formula is C29H25FN4O4. The first-order valence-electron chi connectivity index (χ1n) is 12.1. The number of halogens is 1. The molecular weight excluding hydrogens is 487 g/mol. The van der Waals surface area contributed by atoms with Gasteiger partial charge in [0.1, 0.15) is 28.7 Å². The minimum Gasteiger partial charge on any atom is -0.457 e. The lowest BCUT2D eigenvalue weighted by molar-refractivity contribution is -0.117. The lowest BCUT2D eigenvalue weighted by Gasteiger charge is -2.15. The molecule has 2 heterocycles. The largest absolute Gasteiger partial charge is 0.457 e. The van der Waals surface area contributed by atoms with Gasteiger partial charge in [0.2, 0.25) is 11.3 Å². The molecule has 38 heavy (non-hydrogen) atoms. The molecule has 1 aliphatic carbocycles. The topological polar surface area (TPSA) is 113 Å². The van der Waals surface area contributed by atoms with Crippen LogP contribution in [0.3, 0.4) is 0 Å². The molecule has 2 aromatic heterocycles. The molecule has 1 saturated carbocycles. The number of nitrogens with zero attached hydrogens (tertiary/aromatic N) is 1. The van der Waals surface area contributed by atoms with Crippen LogP contribution in [-0.4, -0.2) is 21.8 Å². The highest BCUT2D eigenvalue weighted by Crippen LogP contribution is 2.33. The molecule has 0 atom stereocenters. The number of ether oxygens (including phenoxy) is 1. The number of H-pyrrole nitrogens is 1. The minimum absolute atomic E-state index is 0.0381. The van der Waals surface area contributed by atoms with Crippen molar-refractivity contribution in [2.24, 2.45) is 5.92 Å². The van der Waals surface area contributed by atoms with Gasteiger partial charge in [0.15, 0.2) is 0 Å². The SMILES string of the molecule is Cc1c(NC(=O)c2c[nH]cc(-c3ccc(F)cc3)c2=O)ccc(Oc2ccnc(NC(=O)C3CC3)c2)c1C. The normalized spacial score (nSPS) is 12.6. The Morgan fingerprint density at radius 2 is 1.76 bits per heavy atom. The van der Waals surface area contributed by atoms with Crippen LogP contribution in [0, 0.1) is 25.6 Å². The van der Waals surface area contributed by atoms with Gasteiger partial charge in [-0.15, -0.1) is 0 Å². The van der Waals surface area contributed by atoms with E-state index in [1.54, 1.807) is 30.5 Å². The zero-order valence-corrected chi connectivity index (χ0v) is 20.8. The molecule has 9 heteroatoms. The van der Waals surface area contributed by atoms with Gasteiger partial charge < -0.3 is 20.4 Å². The lowest BCUT2D eigenvalue weighted by atomic mass is 10.0. The Hall–Kier alpha value is -4.79. The summed E-state index contributed by atoms with van der Waals surface area (Å²) in [7, 11) is 0. The van der Waals surface area contributed by atoms with E-state index in [0.29, 0.717) is 28.6 Å². The molecule has 0 spiro atoms. The second kappa shape index (κ2) is 10.3. The standard InChI is InChI=1S/C29H25FN4O4/c1-16-17(2)25(38-21-11-12-32-26(13-21)34-28(36)19-3-4-19)10-9-24(16)33-29(37)23-15-31-14-22(27(23)35)18-5-7-20(30)8-6-18/h5-15,19H,3-4H2,1-2H3,(H,31,35)(H,33,37)(H,32,34,36). The first kappa shape index (κ1) is 24.9. The molecule has 2 amide bonds. The number of hydrogen-bond acceptors (Lipinski definition) is 5. The molecule has 192 valence electrons. The number of aromatic nitrogens is 2. The third-order valence-corrected chi connectivity index (χ3v) is 6.49. The summed E-state index contributed by atoms with van der Waals surface area (Å²) in [6, 6.07) is 12.3. The minimum atomic E-state index is -0.573. The summed E-state index contributed by atoms with van der Waals surface area (Å²) in [5.41, 5.74) is 2.31. The maximum atomic E-state index is 13.3. The van der Waals surface area contributed by atoms with E-state index in [4.69, 9.17) is 4.74 Å². The number of carbonyl (C=O) groups is 2. The fourth-order valence-corrected chi connectivity index (χ4v) is 3.97. The molecule has 0 bridgehead atoms. The number of hydrogen-bond donors (Lipinski definition) is 3. The van der Waals surface area contributed by atoms with Gasteiger partial charge in [-0.3, -0.25) is 14.4 Å². The van der Waals surface area contributed by atoms with Crippen molar-refractivity contribution in [2.45, 2.75) is 26.7 Å². The van der Waals surface area contributed by atoms with E-state index in [-0.39, 0.29) is 23.0 Å². The van der Waals surface area contributed by atoms with Gasteiger partial charge in [0.05, 0.1) is 0 Å². The predicted octanol–water partition coefficient (Wildman–Crippen LogP) is 5.59. The molecule has 0 saturated heterocycles. The third kappa shape index (κ3) is 5.31. The summed E-state index contributed by atoms with van der Waals surface area (Å²) in [5, 5.41) is 5.60. The van der Waals surface area contributed by atoms with Gasteiger partial charge in [0.25, 0.3) is 5.91 Å². The molecule has 4 aromatic rings. The monoisotopic (exact) mass is 512 g/mol. The van der Waals surface area contributed by atoms with Gasteiger partial charge in [-0.2, -0.15) is 0 Å². The zero-order valence-electron chi connectivity index (χ0n) is 20.8. The summed E-state index contributed by atoms with van der Waals surface area (Å²) in [6.07, 6.45) is 6.18. The van der Waals surface area contributed by atoms with E-state index in [9.17, 15) is 18.8 Å². The van der Waals surface area contributed by atoms with Crippen LogP contribution in [0.15, 0.2) is 71.9 Å². The van der Waals surface area contributed by atoms with Gasteiger partial charge in [-0.05, 0) is 73.7 Å². The Morgan fingerprint density at radius 1 is 1.00 bits per heavy atom. The fourth-order valence-electron chi connectivity index (χ4n) is 3.97. The maximum Gasteiger partial charge on any atom is 0.261 e. The fraction of sp³-hybridized carbons (Fsp3) is 0.172. The van der Waals surface area contributed by atoms with Gasteiger partial charge >= 0.3 is 0 Å². The number of carbonyl (C=O) groups excluding carboxylic acids is 2. The van der Waals surface area contributed by atoms with Crippen molar-refractivity contribution in [1.82, 2.24) is 9.97 Å². The number of aromatic amines is 1. The smallest absolute Gasteiger partial charge is 0.261 e. The highest BCUT2D eigenvalue weighted by atomic mass is 19.1. The van der Waals surface area contributed by atoms with Crippen molar-refractivity contribution in [3.63, 3.8) is 0 Å². The van der Waals surface area contributed by atoms with E-state index in [1.165, 1.54) is 36.7 Å². The summed E-state index contributed by atoms with van der Waals surface area (Å²) in [4.78, 5) is 45.1. The molecule has 0 radical (unpaired) electrons. The Bertz CT molecular complexity index is 1590. The Morgan fingerprint density at radius 3 is 2.50 bits per heavy atom. The Labute approximate surface area is 217 Å². The zero-order chi connectivity index (χ0) is 26.8. The first-order valence-corrected chi connectivity index (χ1v) is 12.1. The molecule has 2 aromatic carbocycles. The number of nitrogens with one attached hydrogen (secondary N) is 3. The highest BCUT2D eigenvalue weighted by molar-refractivity contribution is 6.05. The molecule has 5 rings (SSSR count). The summed E-state index contributed by atoms with van der Waals surface area (Å²) in [5.74, 6) is 0.542. The quantitative estimate of drug-likeness (QED) is 0.299. The Balaban J connectivity index is 1.33. The van der Waals surface area contributed by atoms with Crippen molar-refractivity contribution in [1.29, 1.82) is 0 Å². The number of anilines is 2. The van der Waals surface area contributed by atoms with Crippen LogP contribution in [0.1, 0.15) is 34.3 Å². The molecule has 1 aliphatic rings. The maximum absolute atomic E-state index is 13.3. The van der Waals surface area contributed by atoms with Crippen LogP contribution in [0.25, 0.3) is 11.1 Å². The number of pyridine rings is 2. The van der Waals surface area contributed by atoms with E-state index in [1.807, 2.05) is 13.8 Å². The molecule has 1 fully saturated rings. The van der Waals surface area contributed by atoms with Crippen molar-refractivity contribution in [3.8, 4) is 22.6 Å². The summed E-state index contributed by atoms with van der Waals surface area (Å²) in [6.45, 7) is 3.70. The average molecular weight is 513 g/mol. The first-order chi connectivity index (χ1) is 18.3. The highest BCUT2D eigenvalue weighted by Gasteiger charge is 2.29. The van der Waals surface area contributed by atoms with Crippen LogP contribution in [-0.2, 0) is 4.79 Å². The van der Waals surface area contributed by atoms with E-state index < -0.39 is 17.2 Å². The second-order valence-electron chi connectivity index (χ2n) is 9.18. The molecule has 0 unspecified atom stereocenters. The van der Waals surface area contributed by atoms with Crippen molar-refractivity contribution in [3.05, 3.63) is 99.9 Å². The van der Waals surface area contributed by atoms with Crippen molar-refractivity contribution < 1.29 is 18.7 Å². The van der Waals surface area contributed by atoms with Crippen LogP contribution in [0.4, 0.5) is 15.9 Å². The summed E-state index contributed by atoms with van der Waals surface area (Å²) >= 11 is 0. The third-order valence-electron chi connectivity index (χ3n) is 6.49. The van der Waals surface area contributed by atoms with Crippen molar-refractivity contribution in [2.75, 3.05) is 10.6 Å². The summed E-state index contributed by atoms with van der Waals surface area (Å²) < 4.78 is 19.3. The van der Waals surface area contributed by atoms with Gasteiger partial charge in [0, 0.05) is 41.8 Å². The number of benzene rings is 2. The van der Waals surface area contributed by atoms with Crippen LogP contribution < -0.4 is 20.8 Å². The van der Waals surface area contributed by atoms with Crippen molar-refractivity contribution >= 4 is 23.3 Å². The number of amides is 2.